The number of hydrogen-bond acceptors (Lipinski definition) is 3. The number of rotatable bonds is 5. The number of amides is 3. The Morgan fingerprint density at radius 1 is 1.19 bits per heavy atom. The first-order chi connectivity index (χ1) is 13.1. The lowest BCUT2D eigenvalue weighted by Gasteiger charge is -2.31. The van der Waals surface area contributed by atoms with Crippen LogP contribution in [0.2, 0.25) is 0 Å². The van der Waals surface area contributed by atoms with Gasteiger partial charge in [0.2, 0.25) is 5.91 Å². The zero-order valence-corrected chi connectivity index (χ0v) is 15.5. The van der Waals surface area contributed by atoms with Gasteiger partial charge in [-0.25, -0.2) is 4.79 Å². The third kappa shape index (κ3) is 5.48. The summed E-state index contributed by atoms with van der Waals surface area (Å²) in [6, 6.07) is 11.1. The Balaban J connectivity index is 1.38. The quantitative estimate of drug-likeness (QED) is 0.792. The Morgan fingerprint density at radius 2 is 1.96 bits per heavy atom. The van der Waals surface area contributed by atoms with E-state index in [0.29, 0.717) is 31.3 Å². The maximum atomic E-state index is 12.2. The zero-order valence-electron chi connectivity index (χ0n) is 15.5. The van der Waals surface area contributed by atoms with Crippen LogP contribution in [0.4, 0.5) is 10.5 Å². The molecule has 2 aromatic rings. The molecule has 0 spiro atoms. The molecule has 3 rings (SSSR count). The SMILES string of the molecule is Cc1ccccc1NC(=O)NCC1CCN(C(=O)/C=C/c2ccco2)CC1. The van der Waals surface area contributed by atoms with Gasteiger partial charge in [-0.15, -0.1) is 0 Å². The summed E-state index contributed by atoms with van der Waals surface area (Å²) in [7, 11) is 0. The van der Waals surface area contributed by atoms with Crippen molar-refractivity contribution >= 4 is 23.7 Å². The summed E-state index contributed by atoms with van der Waals surface area (Å²) in [5.41, 5.74) is 1.85. The normalized spacial score (nSPS) is 15.1. The number of hydrogen-bond donors (Lipinski definition) is 2. The van der Waals surface area contributed by atoms with Crippen LogP contribution in [0.3, 0.4) is 0 Å². The molecule has 0 bridgehead atoms. The number of nitrogens with zero attached hydrogens (tertiary/aromatic N) is 1. The zero-order chi connectivity index (χ0) is 19.1. The number of carbonyl (C=O) groups is 2. The Morgan fingerprint density at radius 3 is 2.67 bits per heavy atom. The van der Waals surface area contributed by atoms with Crippen LogP contribution in [0.15, 0.2) is 53.2 Å². The highest BCUT2D eigenvalue weighted by atomic mass is 16.3. The summed E-state index contributed by atoms with van der Waals surface area (Å²) in [5.74, 6) is 1.04. The van der Waals surface area contributed by atoms with Gasteiger partial charge in [0.15, 0.2) is 0 Å². The van der Waals surface area contributed by atoms with Crippen LogP contribution in [-0.2, 0) is 4.79 Å². The highest BCUT2D eigenvalue weighted by molar-refractivity contribution is 5.91. The van der Waals surface area contributed by atoms with E-state index in [1.165, 1.54) is 0 Å². The van der Waals surface area contributed by atoms with Gasteiger partial charge < -0.3 is 20.0 Å². The molecular weight excluding hydrogens is 342 g/mol. The molecule has 0 aliphatic carbocycles. The van der Waals surface area contributed by atoms with Gasteiger partial charge in [0.1, 0.15) is 5.76 Å². The molecule has 2 N–H and O–H groups in total. The molecule has 0 atom stereocenters. The van der Waals surface area contributed by atoms with E-state index in [0.717, 1.165) is 24.1 Å². The lowest BCUT2D eigenvalue weighted by atomic mass is 9.97. The average molecular weight is 367 g/mol. The number of aryl methyl sites for hydroxylation is 1. The molecule has 1 aromatic carbocycles. The number of likely N-dealkylation sites (tertiary alicyclic amines) is 1. The molecule has 0 unspecified atom stereocenters. The lowest BCUT2D eigenvalue weighted by Crippen LogP contribution is -2.41. The molecule has 1 saturated heterocycles. The van der Waals surface area contributed by atoms with Crippen LogP contribution in [-0.4, -0.2) is 36.5 Å². The van der Waals surface area contributed by atoms with Crippen LogP contribution in [0, 0.1) is 12.8 Å². The van der Waals surface area contributed by atoms with Crippen LogP contribution in [0.5, 0.6) is 0 Å². The van der Waals surface area contributed by atoms with Crippen LogP contribution in [0.25, 0.3) is 6.08 Å². The van der Waals surface area contributed by atoms with E-state index in [-0.39, 0.29) is 11.9 Å². The van der Waals surface area contributed by atoms with Crippen molar-refractivity contribution in [2.45, 2.75) is 19.8 Å². The summed E-state index contributed by atoms with van der Waals surface area (Å²) in [6.07, 6.45) is 6.58. The van der Waals surface area contributed by atoms with Gasteiger partial charge in [-0.2, -0.15) is 0 Å². The summed E-state index contributed by atoms with van der Waals surface area (Å²) in [6.45, 7) is 3.98. The molecule has 0 radical (unpaired) electrons. The van der Waals surface area contributed by atoms with Gasteiger partial charge in [-0.05, 0) is 55.5 Å². The molecule has 3 amide bonds. The van der Waals surface area contributed by atoms with E-state index in [2.05, 4.69) is 10.6 Å². The predicted molar refractivity (Wildman–Crippen MR) is 105 cm³/mol. The highest BCUT2D eigenvalue weighted by Gasteiger charge is 2.22. The molecule has 1 aliphatic rings. The second-order valence-corrected chi connectivity index (χ2v) is 6.77. The second-order valence-electron chi connectivity index (χ2n) is 6.77. The maximum Gasteiger partial charge on any atom is 0.319 e. The third-order valence-corrected chi connectivity index (χ3v) is 4.80. The molecule has 1 fully saturated rings. The van der Waals surface area contributed by atoms with E-state index in [9.17, 15) is 9.59 Å². The van der Waals surface area contributed by atoms with E-state index in [1.807, 2.05) is 42.2 Å². The molecule has 0 saturated carbocycles. The van der Waals surface area contributed by atoms with Gasteiger partial charge in [0.05, 0.1) is 6.26 Å². The minimum atomic E-state index is -0.191. The first kappa shape index (κ1) is 18.8. The smallest absolute Gasteiger partial charge is 0.319 e. The topological polar surface area (TPSA) is 74.6 Å². The number of carbonyl (C=O) groups excluding carboxylic acids is 2. The molecule has 27 heavy (non-hydrogen) atoms. The molecule has 1 aliphatic heterocycles. The van der Waals surface area contributed by atoms with Crippen LogP contribution < -0.4 is 10.6 Å². The average Bonchev–Trinajstić information content (AvgIpc) is 3.20. The van der Waals surface area contributed by atoms with Gasteiger partial charge in [-0.3, -0.25) is 4.79 Å². The van der Waals surface area contributed by atoms with Crippen molar-refractivity contribution in [3.63, 3.8) is 0 Å². The van der Waals surface area contributed by atoms with Crippen molar-refractivity contribution in [1.29, 1.82) is 0 Å². The molecule has 6 heteroatoms. The van der Waals surface area contributed by atoms with Crippen molar-refractivity contribution in [1.82, 2.24) is 10.2 Å². The minimum absolute atomic E-state index is 0.00453. The summed E-state index contributed by atoms with van der Waals surface area (Å²) >= 11 is 0. The first-order valence-electron chi connectivity index (χ1n) is 9.23. The number of furan rings is 1. The van der Waals surface area contributed by atoms with E-state index < -0.39 is 0 Å². The Kier molecular flexibility index (Phi) is 6.30. The fourth-order valence-electron chi connectivity index (χ4n) is 3.12. The molecule has 1 aromatic heterocycles. The number of nitrogens with one attached hydrogen (secondary N) is 2. The number of piperidine rings is 1. The second kappa shape index (κ2) is 9.07. The fraction of sp³-hybridized carbons (Fsp3) is 0.333. The number of anilines is 1. The number of benzene rings is 1. The first-order valence-corrected chi connectivity index (χ1v) is 9.23. The number of para-hydroxylation sites is 1. The summed E-state index contributed by atoms with van der Waals surface area (Å²) in [5, 5.41) is 5.81. The fourth-order valence-corrected chi connectivity index (χ4v) is 3.12. The van der Waals surface area contributed by atoms with Gasteiger partial charge in [0.25, 0.3) is 0 Å². The molecule has 142 valence electrons. The lowest BCUT2D eigenvalue weighted by molar-refractivity contribution is -0.127. The Bertz CT molecular complexity index is 791. The maximum absolute atomic E-state index is 12.2. The van der Waals surface area contributed by atoms with Gasteiger partial charge in [-0.1, -0.05) is 18.2 Å². The minimum Gasteiger partial charge on any atom is -0.465 e. The van der Waals surface area contributed by atoms with Crippen molar-refractivity contribution in [3.05, 3.63) is 60.1 Å². The predicted octanol–water partition coefficient (Wildman–Crippen LogP) is 3.66. The summed E-state index contributed by atoms with van der Waals surface area (Å²) < 4.78 is 5.19. The Hall–Kier alpha value is -3.02. The summed E-state index contributed by atoms with van der Waals surface area (Å²) in [4.78, 5) is 26.1. The number of urea groups is 1. The standard InChI is InChI=1S/C21H25N3O3/c1-16-5-2-3-7-19(16)23-21(26)22-15-17-10-12-24(13-11-17)20(25)9-8-18-6-4-14-27-18/h2-9,14,17H,10-13,15H2,1H3,(H2,22,23,26)/b9-8+. The van der Waals surface area contributed by atoms with Crippen LogP contribution >= 0.6 is 0 Å². The van der Waals surface area contributed by atoms with Gasteiger partial charge >= 0.3 is 6.03 Å². The van der Waals surface area contributed by atoms with E-state index in [4.69, 9.17) is 4.42 Å². The highest BCUT2D eigenvalue weighted by Crippen LogP contribution is 2.17. The van der Waals surface area contributed by atoms with Crippen LogP contribution in [0.1, 0.15) is 24.2 Å². The van der Waals surface area contributed by atoms with Crippen molar-refractivity contribution < 1.29 is 14.0 Å². The Labute approximate surface area is 159 Å². The van der Waals surface area contributed by atoms with Crippen molar-refractivity contribution in [2.75, 3.05) is 25.0 Å². The van der Waals surface area contributed by atoms with Crippen molar-refractivity contribution in [2.24, 2.45) is 5.92 Å². The van der Waals surface area contributed by atoms with Gasteiger partial charge in [0, 0.05) is 31.4 Å². The van der Waals surface area contributed by atoms with E-state index in [1.54, 1.807) is 24.5 Å². The van der Waals surface area contributed by atoms with Crippen molar-refractivity contribution in [3.8, 4) is 0 Å². The largest absolute Gasteiger partial charge is 0.465 e. The monoisotopic (exact) mass is 367 g/mol. The molecule has 2 heterocycles. The molecular formula is C21H25N3O3. The van der Waals surface area contributed by atoms with E-state index >= 15 is 0 Å². The molecule has 6 nitrogen and oxygen atoms in total. The third-order valence-electron chi connectivity index (χ3n) is 4.80.